The second-order valence-corrected chi connectivity index (χ2v) is 6.87. The molecule has 0 atom stereocenters. The van der Waals surface area contributed by atoms with Crippen LogP contribution in [0.1, 0.15) is 24.0 Å². The lowest BCUT2D eigenvalue weighted by Crippen LogP contribution is -2.37. The van der Waals surface area contributed by atoms with Crippen molar-refractivity contribution < 1.29 is 14.1 Å². The van der Waals surface area contributed by atoms with Crippen LogP contribution in [0.15, 0.2) is 42.5 Å². The molecule has 1 N–H and O–H groups in total. The van der Waals surface area contributed by atoms with E-state index in [1.54, 1.807) is 31.2 Å². The fourth-order valence-electron chi connectivity index (χ4n) is 3.39. The molecule has 0 spiro atoms. The van der Waals surface area contributed by atoms with Gasteiger partial charge in [0, 0.05) is 18.5 Å². The van der Waals surface area contributed by atoms with Gasteiger partial charge in [-0.3, -0.25) is 19.8 Å². The van der Waals surface area contributed by atoms with E-state index in [0.717, 1.165) is 38.0 Å². The van der Waals surface area contributed by atoms with Gasteiger partial charge in [0.25, 0.3) is 5.69 Å². The van der Waals surface area contributed by atoms with E-state index >= 15 is 0 Å². The lowest BCUT2D eigenvalue weighted by molar-refractivity contribution is -0.385. The summed E-state index contributed by atoms with van der Waals surface area (Å²) in [5.41, 5.74) is 2.00. The Morgan fingerprint density at radius 1 is 1.22 bits per heavy atom. The molecule has 1 amide bonds. The highest BCUT2D eigenvalue weighted by Gasteiger charge is 2.26. The molecule has 27 heavy (non-hydrogen) atoms. The molecule has 1 heterocycles. The average Bonchev–Trinajstić information content (AvgIpc) is 2.65. The van der Waals surface area contributed by atoms with Crippen LogP contribution in [0.2, 0.25) is 0 Å². The predicted molar refractivity (Wildman–Crippen MR) is 101 cm³/mol. The van der Waals surface area contributed by atoms with Crippen LogP contribution < -0.4 is 5.32 Å². The number of nitro benzene ring substituents is 1. The Morgan fingerprint density at radius 3 is 2.52 bits per heavy atom. The number of carbonyl (C=O) groups is 1. The van der Waals surface area contributed by atoms with Crippen LogP contribution in [-0.2, 0) is 11.3 Å². The Hall–Kier alpha value is -2.80. The minimum atomic E-state index is -0.446. The molecule has 0 aromatic heterocycles. The van der Waals surface area contributed by atoms with Crippen molar-refractivity contribution in [1.82, 2.24) is 4.90 Å². The first-order valence-electron chi connectivity index (χ1n) is 8.95. The van der Waals surface area contributed by atoms with Gasteiger partial charge in [0.05, 0.1) is 16.2 Å². The quantitative estimate of drug-likeness (QED) is 0.639. The van der Waals surface area contributed by atoms with Gasteiger partial charge in [-0.2, -0.15) is 0 Å². The Morgan fingerprint density at radius 2 is 1.89 bits per heavy atom. The number of carbonyl (C=O) groups excluding carboxylic acids is 1. The van der Waals surface area contributed by atoms with Gasteiger partial charge in [-0.1, -0.05) is 18.2 Å². The number of rotatable bonds is 5. The molecule has 0 radical (unpaired) electrons. The van der Waals surface area contributed by atoms with Crippen LogP contribution in [-0.4, -0.2) is 28.8 Å². The molecule has 7 heteroatoms. The number of piperidine rings is 1. The van der Waals surface area contributed by atoms with Crippen molar-refractivity contribution in [1.29, 1.82) is 0 Å². The molecule has 0 aliphatic carbocycles. The summed E-state index contributed by atoms with van der Waals surface area (Å²) in [6, 6.07) is 11.2. The maximum absolute atomic E-state index is 13.0. The zero-order valence-corrected chi connectivity index (χ0v) is 15.2. The first-order chi connectivity index (χ1) is 12.9. The summed E-state index contributed by atoms with van der Waals surface area (Å²) < 4.78 is 13.0. The van der Waals surface area contributed by atoms with Crippen molar-refractivity contribution in [2.45, 2.75) is 26.3 Å². The maximum Gasteiger partial charge on any atom is 0.274 e. The lowest BCUT2D eigenvalue weighted by Gasteiger charge is -2.31. The summed E-state index contributed by atoms with van der Waals surface area (Å²) in [5.74, 6) is -0.460. The van der Waals surface area contributed by atoms with E-state index in [-0.39, 0.29) is 23.3 Å². The minimum Gasteiger partial charge on any atom is -0.325 e. The summed E-state index contributed by atoms with van der Waals surface area (Å²) in [7, 11) is 0. The number of nitrogens with zero attached hydrogens (tertiary/aromatic N) is 2. The van der Waals surface area contributed by atoms with Crippen molar-refractivity contribution in [3.63, 3.8) is 0 Å². The molecule has 2 aromatic carbocycles. The second-order valence-electron chi connectivity index (χ2n) is 6.87. The highest BCUT2D eigenvalue weighted by atomic mass is 19.1. The fraction of sp³-hybridized carbons (Fsp3) is 0.350. The van der Waals surface area contributed by atoms with Gasteiger partial charge in [-0.15, -0.1) is 0 Å². The van der Waals surface area contributed by atoms with E-state index in [1.165, 1.54) is 18.2 Å². The van der Waals surface area contributed by atoms with Crippen molar-refractivity contribution in [3.8, 4) is 0 Å². The van der Waals surface area contributed by atoms with Crippen LogP contribution in [0.3, 0.4) is 0 Å². The maximum atomic E-state index is 13.0. The van der Waals surface area contributed by atoms with Gasteiger partial charge in [0.2, 0.25) is 5.91 Å². The molecule has 1 saturated heterocycles. The van der Waals surface area contributed by atoms with Crippen LogP contribution in [0.5, 0.6) is 0 Å². The largest absolute Gasteiger partial charge is 0.325 e. The van der Waals surface area contributed by atoms with E-state index in [0.29, 0.717) is 11.3 Å². The summed E-state index contributed by atoms with van der Waals surface area (Å²) >= 11 is 0. The van der Waals surface area contributed by atoms with Crippen LogP contribution in [0, 0.1) is 28.8 Å². The first kappa shape index (κ1) is 19.0. The van der Waals surface area contributed by atoms with Crippen molar-refractivity contribution in [2.24, 2.45) is 5.92 Å². The Labute approximate surface area is 157 Å². The molecule has 0 unspecified atom stereocenters. The lowest BCUT2D eigenvalue weighted by atomic mass is 9.95. The van der Waals surface area contributed by atoms with Crippen molar-refractivity contribution in [3.05, 3.63) is 69.5 Å². The molecular formula is C20H22FN3O3. The Bertz CT molecular complexity index is 831. The van der Waals surface area contributed by atoms with Crippen LogP contribution >= 0.6 is 0 Å². The molecular weight excluding hydrogens is 349 g/mol. The van der Waals surface area contributed by atoms with E-state index in [4.69, 9.17) is 0 Å². The molecule has 142 valence electrons. The van der Waals surface area contributed by atoms with Gasteiger partial charge in [0.1, 0.15) is 5.82 Å². The van der Waals surface area contributed by atoms with Crippen LogP contribution in [0.25, 0.3) is 0 Å². The average molecular weight is 371 g/mol. The zero-order valence-electron chi connectivity index (χ0n) is 15.2. The van der Waals surface area contributed by atoms with Crippen LogP contribution in [0.4, 0.5) is 15.8 Å². The number of nitro groups is 1. The molecule has 1 fully saturated rings. The SMILES string of the molecule is Cc1c(NC(=O)C2CCN(Cc3ccc(F)cc3)CC2)cccc1[N+](=O)[O-]. The Kier molecular flexibility index (Phi) is 5.81. The van der Waals surface area contributed by atoms with E-state index < -0.39 is 4.92 Å². The molecule has 3 rings (SSSR count). The number of likely N-dealkylation sites (tertiary alicyclic amines) is 1. The number of hydrogen-bond donors (Lipinski definition) is 1. The smallest absolute Gasteiger partial charge is 0.274 e. The van der Waals surface area contributed by atoms with Gasteiger partial charge >= 0.3 is 0 Å². The highest BCUT2D eigenvalue weighted by Crippen LogP contribution is 2.27. The molecule has 0 bridgehead atoms. The van der Waals surface area contributed by atoms with Crippen molar-refractivity contribution in [2.75, 3.05) is 18.4 Å². The number of nitrogens with one attached hydrogen (secondary N) is 1. The van der Waals surface area contributed by atoms with Gasteiger partial charge in [-0.05, 0) is 56.6 Å². The number of benzene rings is 2. The number of halogens is 1. The predicted octanol–water partition coefficient (Wildman–Crippen LogP) is 3.89. The third-order valence-corrected chi connectivity index (χ3v) is 5.04. The molecule has 1 aliphatic heterocycles. The molecule has 6 nitrogen and oxygen atoms in total. The Balaban J connectivity index is 1.55. The molecule has 2 aromatic rings. The van der Waals surface area contributed by atoms with E-state index in [2.05, 4.69) is 10.2 Å². The van der Waals surface area contributed by atoms with Gasteiger partial charge < -0.3 is 5.32 Å². The van der Waals surface area contributed by atoms with E-state index in [9.17, 15) is 19.3 Å². The topological polar surface area (TPSA) is 75.5 Å². The standard InChI is InChI=1S/C20H22FN3O3/c1-14-18(3-2-4-19(14)24(26)27)22-20(25)16-9-11-23(12-10-16)13-15-5-7-17(21)8-6-15/h2-8,16H,9-13H2,1H3,(H,22,25). The normalized spacial score (nSPS) is 15.5. The van der Waals surface area contributed by atoms with Crippen molar-refractivity contribution >= 4 is 17.3 Å². The van der Waals surface area contributed by atoms with E-state index in [1.807, 2.05) is 0 Å². The molecule has 0 saturated carbocycles. The number of hydrogen-bond acceptors (Lipinski definition) is 4. The zero-order chi connectivity index (χ0) is 19.4. The minimum absolute atomic E-state index is 0.00178. The third-order valence-electron chi connectivity index (χ3n) is 5.04. The highest BCUT2D eigenvalue weighted by molar-refractivity contribution is 5.93. The summed E-state index contributed by atoms with van der Waals surface area (Å²) in [6.45, 7) is 3.93. The van der Waals surface area contributed by atoms with Gasteiger partial charge in [0.15, 0.2) is 0 Å². The molecule has 1 aliphatic rings. The van der Waals surface area contributed by atoms with Gasteiger partial charge in [-0.25, -0.2) is 4.39 Å². The number of anilines is 1. The second kappa shape index (κ2) is 8.26. The number of amides is 1. The fourth-order valence-corrected chi connectivity index (χ4v) is 3.39. The third kappa shape index (κ3) is 4.68. The monoisotopic (exact) mass is 371 g/mol. The summed E-state index contributed by atoms with van der Waals surface area (Å²) in [5, 5.41) is 13.9. The summed E-state index contributed by atoms with van der Waals surface area (Å²) in [6.07, 6.45) is 1.45. The summed E-state index contributed by atoms with van der Waals surface area (Å²) in [4.78, 5) is 25.4. The first-order valence-corrected chi connectivity index (χ1v) is 8.95.